The van der Waals surface area contributed by atoms with Crippen LogP contribution in [-0.4, -0.2) is 40.2 Å². The fourth-order valence-corrected chi connectivity index (χ4v) is 1.61. The molecule has 0 saturated heterocycles. The molecule has 1 rings (SSSR count). The number of nitrogens with zero attached hydrogens (tertiary/aromatic N) is 2. The summed E-state index contributed by atoms with van der Waals surface area (Å²) in [5, 5.41) is 8.82. The van der Waals surface area contributed by atoms with Crippen molar-refractivity contribution < 1.29 is 9.90 Å². The van der Waals surface area contributed by atoms with Crippen molar-refractivity contribution in [1.29, 1.82) is 0 Å². The number of amides is 1. The summed E-state index contributed by atoms with van der Waals surface area (Å²) in [6.07, 6.45) is 1.60. The minimum Gasteiger partial charge on any atom is -0.395 e. The Morgan fingerprint density at radius 1 is 1.53 bits per heavy atom. The Morgan fingerprint density at radius 3 is 2.82 bits per heavy atom. The van der Waals surface area contributed by atoms with E-state index in [1.807, 2.05) is 6.92 Å². The fraction of sp³-hybridized carbons (Fsp3) is 0.500. The molecular formula is C12H18N2O3. The Kier molecular flexibility index (Phi) is 4.90. The van der Waals surface area contributed by atoms with Gasteiger partial charge in [0.1, 0.15) is 6.54 Å². The first-order valence-electron chi connectivity index (χ1n) is 5.64. The van der Waals surface area contributed by atoms with E-state index >= 15 is 0 Å². The van der Waals surface area contributed by atoms with Crippen molar-refractivity contribution in [2.24, 2.45) is 0 Å². The lowest BCUT2D eigenvalue weighted by Gasteiger charge is -2.20. The molecule has 0 aliphatic carbocycles. The van der Waals surface area contributed by atoms with E-state index in [1.165, 1.54) is 9.47 Å². The van der Waals surface area contributed by atoms with Crippen molar-refractivity contribution >= 4 is 5.91 Å². The van der Waals surface area contributed by atoms with Crippen LogP contribution in [0.15, 0.2) is 23.1 Å². The first-order chi connectivity index (χ1) is 8.10. The van der Waals surface area contributed by atoms with Gasteiger partial charge in [0, 0.05) is 24.8 Å². The summed E-state index contributed by atoms with van der Waals surface area (Å²) in [4.78, 5) is 25.1. The normalized spacial score (nSPS) is 10.3. The van der Waals surface area contributed by atoms with E-state index in [2.05, 4.69) is 0 Å². The molecule has 0 saturated carbocycles. The summed E-state index contributed by atoms with van der Waals surface area (Å²) in [7, 11) is 0. The molecule has 5 nitrogen and oxygen atoms in total. The molecule has 0 unspecified atom stereocenters. The lowest BCUT2D eigenvalue weighted by Crippen LogP contribution is -2.38. The molecule has 1 aromatic heterocycles. The Bertz CT molecular complexity index is 440. The van der Waals surface area contributed by atoms with Gasteiger partial charge in [0.05, 0.1) is 6.61 Å². The molecule has 0 atom stereocenters. The van der Waals surface area contributed by atoms with Gasteiger partial charge < -0.3 is 14.6 Å². The molecule has 1 heterocycles. The van der Waals surface area contributed by atoms with Crippen LogP contribution < -0.4 is 5.56 Å². The second kappa shape index (κ2) is 6.20. The number of carbonyl (C=O) groups excluding carboxylic acids is 1. The van der Waals surface area contributed by atoms with Crippen LogP contribution in [-0.2, 0) is 11.3 Å². The average Bonchev–Trinajstić information content (AvgIpc) is 2.31. The highest BCUT2D eigenvalue weighted by Gasteiger charge is 2.12. The summed E-state index contributed by atoms with van der Waals surface area (Å²) in [6.45, 7) is 4.34. The highest BCUT2D eigenvalue weighted by atomic mass is 16.3. The third kappa shape index (κ3) is 3.42. The van der Waals surface area contributed by atoms with Crippen LogP contribution in [0, 0.1) is 6.92 Å². The molecule has 5 heteroatoms. The minimum absolute atomic E-state index is 0.0222. The predicted octanol–water partition coefficient (Wildman–Crippen LogP) is -0.00248. The van der Waals surface area contributed by atoms with Gasteiger partial charge in [-0.3, -0.25) is 9.59 Å². The molecule has 0 fully saturated rings. The number of rotatable bonds is 5. The predicted molar refractivity (Wildman–Crippen MR) is 64.8 cm³/mol. The summed E-state index contributed by atoms with van der Waals surface area (Å²) in [6, 6.07) is 3.46. The number of aryl methyl sites for hydroxylation is 1. The molecule has 0 bridgehead atoms. The Labute approximate surface area is 100 Å². The van der Waals surface area contributed by atoms with Crippen LogP contribution in [0.2, 0.25) is 0 Å². The van der Waals surface area contributed by atoms with Crippen LogP contribution in [0.3, 0.4) is 0 Å². The van der Waals surface area contributed by atoms with Gasteiger partial charge in [-0.2, -0.15) is 0 Å². The molecule has 0 aliphatic rings. The van der Waals surface area contributed by atoms with E-state index in [1.54, 1.807) is 25.3 Å². The van der Waals surface area contributed by atoms with Crippen LogP contribution in [0.25, 0.3) is 0 Å². The van der Waals surface area contributed by atoms with E-state index in [0.717, 1.165) is 0 Å². The molecule has 17 heavy (non-hydrogen) atoms. The number of aromatic nitrogens is 1. The lowest BCUT2D eigenvalue weighted by molar-refractivity contribution is -0.132. The summed E-state index contributed by atoms with van der Waals surface area (Å²) < 4.78 is 1.39. The number of aliphatic hydroxyl groups excluding tert-OH is 1. The number of likely N-dealkylation sites (N-methyl/N-ethyl adjacent to an activating group) is 1. The number of hydrogen-bond acceptors (Lipinski definition) is 3. The number of pyridine rings is 1. The quantitative estimate of drug-likeness (QED) is 0.785. The van der Waals surface area contributed by atoms with Gasteiger partial charge in [0.15, 0.2) is 0 Å². The molecule has 1 N–H and O–H groups in total. The topological polar surface area (TPSA) is 62.5 Å². The van der Waals surface area contributed by atoms with Crippen LogP contribution in [0.1, 0.15) is 12.5 Å². The maximum atomic E-state index is 11.9. The van der Waals surface area contributed by atoms with Crippen LogP contribution >= 0.6 is 0 Å². The van der Waals surface area contributed by atoms with E-state index in [9.17, 15) is 9.59 Å². The van der Waals surface area contributed by atoms with Gasteiger partial charge >= 0.3 is 0 Å². The van der Waals surface area contributed by atoms with Crippen molar-refractivity contribution in [2.45, 2.75) is 20.4 Å². The first kappa shape index (κ1) is 13.4. The van der Waals surface area contributed by atoms with Crippen molar-refractivity contribution in [2.75, 3.05) is 19.7 Å². The Balaban J connectivity index is 2.80. The summed E-state index contributed by atoms with van der Waals surface area (Å²) in [5.74, 6) is -0.158. The van der Waals surface area contributed by atoms with E-state index in [4.69, 9.17) is 5.11 Å². The minimum atomic E-state index is -0.158. The monoisotopic (exact) mass is 238 g/mol. The highest BCUT2D eigenvalue weighted by Crippen LogP contribution is 1.94. The van der Waals surface area contributed by atoms with Crippen molar-refractivity contribution in [3.63, 3.8) is 0 Å². The molecule has 0 aliphatic heterocycles. The zero-order chi connectivity index (χ0) is 12.8. The molecule has 1 amide bonds. The molecule has 0 radical (unpaired) electrons. The fourth-order valence-electron chi connectivity index (χ4n) is 1.61. The molecular weight excluding hydrogens is 220 g/mol. The van der Waals surface area contributed by atoms with Gasteiger partial charge in [-0.1, -0.05) is 6.07 Å². The maximum Gasteiger partial charge on any atom is 0.253 e. The van der Waals surface area contributed by atoms with E-state index in [0.29, 0.717) is 18.7 Å². The average molecular weight is 238 g/mol. The summed E-state index contributed by atoms with van der Waals surface area (Å²) >= 11 is 0. The lowest BCUT2D eigenvalue weighted by atomic mass is 10.3. The largest absolute Gasteiger partial charge is 0.395 e. The second-order valence-corrected chi connectivity index (χ2v) is 3.82. The molecule has 1 aromatic rings. The number of carbonyl (C=O) groups is 1. The summed E-state index contributed by atoms with van der Waals surface area (Å²) in [5.41, 5.74) is 0.464. The zero-order valence-electron chi connectivity index (χ0n) is 10.2. The van der Waals surface area contributed by atoms with Gasteiger partial charge in [0.25, 0.3) is 5.56 Å². The van der Waals surface area contributed by atoms with Crippen LogP contribution in [0.4, 0.5) is 0 Å². The third-order valence-electron chi connectivity index (χ3n) is 2.62. The van der Waals surface area contributed by atoms with Crippen molar-refractivity contribution in [3.05, 3.63) is 34.2 Å². The zero-order valence-corrected chi connectivity index (χ0v) is 10.2. The van der Waals surface area contributed by atoms with Crippen molar-refractivity contribution in [1.82, 2.24) is 9.47 Å². The van der Waals surface area contributed by atoms with Gasteiger partial charge in [0.2, 0.25) is 5.91 Å². The number of aliphatic hydroxyl groups is 1. The smallest absolute Gasteiger partial charge is 0.253 e. The van der Waals surface area contributed by atoms with Gasteiger partial charge in [-0.15, -0.1) is 0 Å². The molecule has 0 spiro atoms. The van der Waals surface area contributed by atoms with Gasteiger partial charge in [-0.25, -0.2) is 0 Å². The van der Waals surface area contributed by atoms with Crippen molar-refractivity contribution in [3.8, 4) is 0 Å². The third-order valence-corrected chi connectivity index (χ3v) is 2.62. The molecule has 0 aromatic carbocycles. The second-order valence-electron chi connectivity index (χ2n) is 3.82. The molecule has 94 valence electrons. The number of hydrogen-bond donors (Lipinski definition) is 1. The highest BCUT2D eigenvalue weighted by molar-refractivity contribution is 5.75. The van der Waals surface area contributed by atoms with Crippen LogP contribution in [0.5, 0.6) is 0 Å². The van der Waals surface area contributed by atoms with Gasteiger partial charge in [-0.05, 0) is 19.9 Å². The Morgan fingerprint density at radius 2 is 2.24 bits per heavy atom. The maximum absolute atomic E-state index is 11.9. The van der Waals surface area contributed by atoms with E-state index < -0.39 is 0 Å². The SMILES string of the molecule is CCN(CCO)C(=O)Cn1cccc(C)c1=O. The van der Waals surface area contributed by atoms with E-state index in [-0.39, 0.29) is 24.6 Å². The Hall–Kier alpha value is -1.62. The first-order valence-corrected chi connectivity index (χ1v) is 5.64. The standard InChI is InChI=1S/C12H18N2O3/c1-3-13(7-8-15)11(16)9-14-6-4-5-10(2)12(14)17/h4-6,15H,3,7-9H2,1-2H3.